The van der Waals surface area contributed by atoms with Crippen LogP contribution >= 0.6 is 0 Å². The number of carboxylic acids is 1. The molecule has 0 aromatic heterocycles. The monoisotopic (exact) mass is 319 g/mol. The van der Waals surface area contributed by atoms with Gasteiger partial charge in [-0.1, -0.05) is 26.0 Å². The van der Waals surface area contributed by atoms with Crippen LogP contribution in [0.2, 0.25) is 0 Å². The number of nitrogens with one attached hydrogen (secondary N) is 1. The summed E-state index contributed by atoms with van der Waals surface area (Å²) in [5.41, 5.74) is 0.463. The summed E-state index contributed by atoms with van der Waals surface area (Å²) >= 11 is 0. The normalized spacial score (nSPS) is 15.7. The number of hydrogen-bond donors (Lipinski definition) is 2. The standard InChI is InChI=1S/C19H29NO3/c1-3-19(4-2,18(21)22)14-20-13-15-8-7-11-17(12-15)23-16-9-5-6-10-16/h7-8,11-12,16,20H,3-6,9-10,13-14H2,1-2H3,(H,21,22). The topological polar surface area (TPSA) is 58.6 Å². The highest BCUT2D eigenvalue weighted by atomic mass is 16.5. The predicted octanol–water partition coefficient (Wildman–Crippen LogP) is 3.99. The lowest BCUT2D eigenvalue weighted by atomic mass is 9.82. The molecule has 0 radical (unpaired) electrons. The number of ether oxygens (including phenoxy) is 1. The summed E-state index contributed by atoms with van der Waals surface area (Å²) in [6, 6.07) is 8.12. The first kappa shape index (κ1) is 17.8. The lowest BCUT2D eigenvalue weighted by Crippen LogP contribution is -2.40. The van der Waals surface area contributed by atoms with E-state index in [-0.39, 0.29) is 0 Å². The molecule has 2 rings (SSSR count). The van der Waals surface area contributed by atoms with Crippen LogP contribution in [0.4, 0.5) is 0 Å². The van der Waals surface area contributed by atoms with Crippen molar-refractivity contribution in [1.29, 1.82) is 0 Å². The second-order valence-corrected chi connectivity index (χ2v) is 6.57. The summed E-state index contributed by atoms with van der Waals surface area (Å²) in [7, 11) is 0. The third-order valence-electron chi connectivity index (χ3n) is 5.10. The molecule has 0 amide bonds. The Bertz CT molecular complexity index is 505. The number of carboxylic acid groups (broad SMARTS) is 1. The maximum atomic E-state index is 11.5. The molecule has 1 aliphatic carbocycles. The van der Waals surface area contributed by atoms with Gasteiger partial charge in [-0.05, 0) is 56.2 Å². The van der Waals surface area contributed by atoms with Gasteiger partial charge in [0.25, 0.3) is 0 Å². The summed E-state index contributed by atoms with van der Waals surface area (Å²) in [6.45, 7) is 5.03. The smallest absolute Gasteiger partial charge is 0.310 e. The number of benzene rings is 1. The maximum absolute atomic E-state index is 11.5. The molecule has 0 unspecified atom stereocenters. The van der Waals surface area contributed by atoms with Crippen molar-refractivity contribution < 1.29 is 14.6 Å². The number of aliphatic carboxylic acids is 1. The van der Waals surface area contributed by atoms with Crippen LogP contribution in [0.3, 0.4) is 0 Å². The van der Waals surface area contributed by atoms with Crippen LogP contribution in [0, 0.1) is 5.41 Å². The zero-order valence-electron chi connectivity index (χ0n) is 14.3. The van der Waals surface area contributed by atoms with Crippen molar-refractivity contribution in [2.75, 3.05) is 6.54 Å². The second kappa shape index (κ2) is 8.34. The van der Waals surface area contributed by atoms with E-state index in [0.29, 0.717) is 32.0 Å². The van der Waals surface area contributed by atoms with Gasteiger partial charge in [0.2, 0.25) is 0 Å². The first-order chi connectivity index (χ1) is 11.1. The van der Waals surface area contributed by atoms with E-state index in [2.05, 4.69) is 17.4 Å². The fourth-order valence-corrected chi connectivity index (χ4v) is 3.25. The Morgan fingerprint density at radius 2 is 2.00 bits per heavy atom. The number of hydrogen-bond acceptors (Lipinski definition) is 3. The van der Waals surface area contributed by atoms with E-state index < -0.39 is 11.4 Å². The summed E-state index contributed by atoms with van der Waals surface area (Å²) in [5, 5.41) is 12.8. The average Bonchev–Trinajstić information content (AvgIpc) is 3.05. The molecule has 0 heterocycles. The molecule has 4 nitrogen and oxygen atoms in total. The Labute approximate surface area is 139 Å². The van der Waals surface area contributed by atoms with Gasteiger partial charge in [0.15, 0.2) is 0 Å². The van der Waals surface area contributed by atoms with Crippen molar-refractivity contribution in [2.45, 2.75) is 65.0 Å². The molecule has 0 atom stereocenters. The molecule has 0 saturated heterocycles. The van der Waals surface area contributed by atoms with Crippen molar-refractivity contribution in [3.05, 3.63) is 29.8 Å². The predicted molar refractivity (Wildman–Crippen MR) is 91.7 cm³/mol. The van der Waals surface area contributed by atoms with Gasteiger partial charge in [-0.25, -0.2) is 0 Å². The first-order valence-electron chi connectivity index (χ1n) is 8.79. The third-order valence-corrected chi connectivity index (χ3v) is 5.10. The van der Waals surface area contributed by atoms with Gasteiger partial charge in [-0.3, -0.25) is 4.79 Å². The van der Waals surface area contributed by atoms with Crippen molar-refractivity contribution in [1.82, 2.24) is 5.32 Å². The van der Waals surface area contributed by atoms with E-state index in [4.69, 9.17) is 4.74 Å². The largest absolute Gasteiger partial charge is 0.490 e. The minimum absolute atomic E-state index is 0.359. The van der Waals surface area contributed by atoms with Crippen LogP contribution in [-0.4, -0.2) is 23.7 Å². The van der Waals surface area contributed by atoms with Gasteiger partial charge >= 0.3 is 5.97 Å². The molecular formula is C19H29NO3. The van der Waals surface area contributed by atoms with E-state index >= 15 is 0 Å². The van der Waals surface area contributed by atoms with E-state index in [0.717, 1.165) is 24.2 Å². The van der Waals surface area contributed by atoms with E-state index in [9.17, 15) is 9.90 Å². The molecule has 0 bridgehead atoms. The third kappa shape index (κ3) is 4.71. The SMILES string of the molecule is CCC(CC)(CNCc1cccc(OC2CCCC2)c1)C(=O)O. The van der Waals surface area contributed by atoms with Gasteiger partial charge < -0.3 is 15.2 Å². The molecule has 1 fully saturated rings. The van der Waals surface area contributed by atoms with Gasteiger partial charge in [0.1, 0.15) is 5.75 Å². The quantitative estimate of drug-likeness (QED) is 0.722. The second-order valence-electron chi connectivity index (χ2n) is 6.57. The fourth-order valence-electron chi connectivity index (χ4n) is 3.25. The molecule has 1 aromatic rings. The average molecular weight is 319 g/mol. The van der Waals surface area contributed by atoms with Crippen molar-refractivity contribution in [3.63, 3.8) is 0 Å². The Morgan fingerprint density at radius 1 is 1.30 bits per heavy atom. The molecule has 1 aromatic carbocycles. The Kier molecular flexibility index (Phi) is 6.46. The zero-order chi connectivity index (χ0) is 16.7. The molecule has 128 valence electrons. The summed E-state index contributed by atoms with van der Waals surface area (Å²) < 4.78 is 6.02. The van der Waals surface area contributed by atoms with Crippen LogP contribution < -0.4 is 10.1 Å². The summed E-state index contributed by atoms with van der Waals surface area (Å²) in [5.74, 6) is 0.208. The van der Waals surface area contributed by atoms with Crippen LogP contribution in [0.1, 0.15) is 57.9 Å². The molecule has 0 aliphatic heterocycles. The van der Waals surface area contributed by atoms with Crippen molar-refractivity contribution in [2.24, 2.45) is 5.41 Å². The highest BCUT2D eigenvalue weighted by Gasteiger charge is 2.34. The van der Waals surface area contributed by atoms with Crippen LogP contribution in [0.25, 0.3) is 0 Å². The zero-order valence-corrected chi connectivity index (χ0v) is 14.3. The first-order valence-corrected chi connectivity index (χ1v) is 8.79. The lowest BCUT2D eigenvalue weighted by molar-refractivity contribution is -0.149. The minimum Gasteiger partial charge on any atom is -0.490 e. The molecule has 1 aliphatic rings. The number of rotatable bonds is 9. The highest BCUT2D eigenvalue weighted by Crippen LogP contribution is 2.26. The van der Waals surface area contributed by atoms with Crippen molar-refractivity contribution in [3.8, 4) is 5.75 Å². The van der Waals surface area contributed by atoms with Gasteiger partial charge in [-0.2, -0.15) is 0 Å². The van der Waals surface area contributed by atoms with Gasteiger partial charge in [0, 0.05) is 13.1 Å². The highest BCUT2D eigenvalue weighted by molar-refractivity contribution is 5.74. The maximum Gasteiger partial charge on any atom is 0.310 e. The lowest BCUT2D eigenvalue weighted by Gasteiger charge is -2.27. The van der Waals surface area contributed by atoms with E-state index in [1.54, 1.807) is 0 Å². The van der Waals surface area contributed by atoms with E-state index in [1.165, 1.54) is 12.8 Å². The van der Waals surface area contributed by atoms with E-state index in [1.807, 2.05) is 26.0 Å². The Hall–Kier alpha value is -1.55. The summed E-state index contributed by atoms with van der Waals surface area (Å²) in [4.78, 5) is 11.5. The molecule has 2 N–H and O–H groups in total. The van der Waals surface area contributed by atoms with Crippen LogP contribution in [-0.2, 0) is 11.3 Å². The Balaban J connectivity index is 1.89. The van der Waals surface area contributed by atoms with Crippen LogP contribution in [0.5, 0.6) is 5.75 Å². The molecule has 4 heteroatoms. The Morgan fingerprint density at radius 3 is 2.61 bits per heavy atom. The fraction of sp³-hybridized carbons (Fsp3) is 0.632. The molecule has 23 heavy (non-hydrogen) atoms. The van der Waals surface area contributed by atoms with Crippen LogP contribution in [0.15, 0.2) is 24.3 Å². The van der Waals surface area contributed by atoms with Gasteiger partial charge in [0.05, 0.1) is 11.5 Å². The number of carbonyl (C=O) groups is 1. The summed E-state index contributed by atoms with van der Waals surface area (Å²) in [6.07, 6.45) is 6.45. The minimum atomic E-state index is -0.715. The molecule has 0 spiro atoms. The molecule has 1 saturated carbocycles. The van der Waals surface area contributed by atoms with Gasteiger partial charge in [-0.15, -0.1) is 0 Å². The molecular weight excluding hydrogens is 290 g/mol. The van der Waals surface area contributed by atoms with Crippen molar-refractivity contribution >= 4 is 5.97 Å².